The van der Waals surface area contributed by atoms with Crippen molar-refractivity contribution >= 4 is 0 Å². The summed E-state index contributed by atoms with van der Waals surface area (Å²) in [6.45, 7) is 18.6. The molecule has 0 spiro atoms. The van der Waals surface area contributed by atoms with E-state index < -0.39 is 0 Å². The molecule has 0 N–H and O–H groups in total. The molecule has 1 aliphatic rings. The van der Waals surface area contributed by atoms with E-state index in [1.54, 1.807) is 0 Å². The van der Waals surface area contributed by atoms with Crippen LogP contribution in [0.15, 0.2) is 6.07 Å². The molecule has 1 unspecified atom stereocenters. The second kappa shape index (κ2) is 4.59. The van der Waals surface area contributed by atoms with Gasteiger partial charge in [0.2, 0.25) is 0 Å². The molecular weight excluding hydrogens is 248 g/mol. The molecule has 0 aromatic carbocycles. The fourth-order valence-electron chi connectivity index (χ4n) is 2.85. The Balaban J connectivity index is 2.54. The van der Waals surface area contributed by atoms with Crippen molar-refractivity contribution in [3.8, 4) is 0 Å². The van der Waals surface area contributed by atoms with Gasteiger partial charge in [-0.05, 0) is 26.3 Å². The first-order valence-corrected chi connectivity index (χ1v) is 7.67. The van der Waals surface area contributed by atoms with Crippen LogP contribution in [0.25, 0.3) is 0 Å². The van der Waals surface area contributed by atoms with Crippen LogP contribution in [0.5, 0.6) is 0 Å². The van der Waals surface area contributed by atoms with E-state index >= 15 is 0 Å². The third-order valence-electron chi connectivity index (χ3n) is 4.24. The van der Waals surface area contributed by atoms with E-state index in [1.165, 1.54) is 11.4 Å². The van der Waals surface area contributed by atoms with Crippen LogP contribution in [0.1, 0.15) is 79.2 Å². The van der Waals surface area contributed by atoms with Gasteiger partial charge in [0.25, 0.3) is 0 Å². The summed E-state index contributed by atoms with van der Waals surface area (Å²) in [4.78, 5) is 0. The van der Waals surface area contributed by atoms with Gasteiger partial charge < -0.3 is 4.74 Å². The molecule has 0 saturated carbocycles. The largest absolute Gasteiger partial charge is 0.373 e. The van der Waals surface area contributed by atoms with Gasteiger partial charge in [-0.25, -0.2) is 0 Å². The van der Waals surface area contributed by atoms with Crippen LogP contribution >= 0.6 is 0 Å². The Kier molecular flexibility index (Phi) is 3.57. The summed E-state index contributed by atoms with van der Waals surface area (Å²) in [5.74, 6) is 0. The molecule has 20 heavy (non-hydrogen) atoms. The summed E-state index contributed by atoms with van der Waals surface area (Å²) in [6, 6.07) is 2.61. The van der Waals surface area contributed by atoms with Crippen LogP contribution in [-0.4, -0.2) is 22.0 Å². The van der Waals surface area contributed by atoms with Crippen molar-refractivity contribution in [3.63, 3.8) is 0 Å². The highest BCUT2D eigenvalue weighted by molar-refractivity contribution is 5.24. The summed E-state index contributed by atoms with van der Waals surface area (Å²) < 4.78 is 8.15. The lowest BCUT2D eigenvalue weighted by molar-refractivity contribution is 0.0106. The molecule has 1 fully saturated rings. The normalized spacial score (nSPS) is 23.3. The van der Waals surface area contributed by atoms with E-state index in [0.29, 0.717) is 6.04 Å². The molecule has 3 heteroatoms. The minimum Gasteiger partial charge on any atom is -0.373 e. The average Bonchev–Trinajstić information content (AvgIpc) is 2.78. The Labute approximate surface area is 123 Å². The smallest absolute Gasteiger partial charge is 0.0850 e. The first-order chi connectivity index (χ1) is 8.93. The molecule has 1 atom stereocenters. The van der Waals surface area contributed by atoms with Crippen LogP contribution in [-0.2, 0) is 15.6 Å². The fraction of sp³-hybridized carbons (Fsp3) is 0.824. The Morgan fingerprint density at radius 1 is 1.15 bits per heavy atom. The molecule has 0 bridgehead atoms. The number of ether oxygens (including phenoxy) is 1. The van der Waals surface area contributed by atoms with Gasteiger partial charge in [-0.3, -0.25) is 4.68 Å². The van der Waals surface area contributed by atoms with Gasteiger partial charge in [0.1, 0.15) is 0 Å². The maximum Gasteiger partial charge on any atom is 0.0850 e. The molecule has 1 aromatic heterocycles. The molecule has 1 aromatic rings. The van der Waals surface area contributed by atoms with Crippen LogP contribution in [0.4, 0.5) is 0 Å². The Bertz CT molecular complexity index is 486. The van der Waals surface area contributed by atoms with E-state index in [1.807, 2.05) is 0 Å². The minimum absolute atomic E-state index is 0.0782. The van der Waals surface area contributed by atoms with E-state index in [-0.39, 0.29) is 16.4 Å². The summed E-state index contributed by atoms with van der Waals surface area (Å²) in [6.07, 6.45) is 1.04. The molecule has 1 aliphatic heterocycles. The van der Waals surface area contributed by atoms with E-state index in [2.05, 4.69) is 66.1 Å². The molecule has 0 amide bonds. The zero-order valence-electron chi connectivity index (χ0n) is 14.4. The van der Waals surface area contributed by atoms with E-state index in [4.69, 9.17) is 9.84 Å². The van der Waals surface area contributed by atoms with Crippen LogP contribution < -0.4 is 0 Å². The van der Waals surface area contributed by atoms with Gasteiger partial charge in [-0.15, -0.1) is 0 Å². The molecular formula is C17H30N2O. The lowest BCUT2D eigenvalue weighted by atomic mass is 9.87. The van der Waals surface area contributed by atoms with Crippen molar-refractivity contribution in [2.45, 2.75) is 84.3 Å². The van der Waals surface area contributed by atoms with E-state index in [0.717, 1.165) is 13.0 Å². The SMILES string of the molecule is CC(C)(C)c1cc(C(C)(C)C)n(C2CCOC2(C)C)n1. The Morgan fingerprint density at radius 3 is 2.15 bits per heavy atom. The first-order valence-electron chi connectivity index (χ1n) is 7.67. The fourth-order valence-corrected chi connectivity index (χ4v) is 2.85. The highest BCUT2D eigenvalue weighted by atomic mass is 16.5. The van der Waals surface area contributed by atoms with Crippen molar-refractivity contribution in [3.05, 3.63) is 17.5 Å². The standard InChI is InChI=1S/C17H30N2O/c1-15(2,3)12-11-14(16(4,5)6)19(18-12)13-9-10-20-17(13,7)8/h11,13H,9-10H2,1-8H3. The topological polar surface area (TPSA) is 27.1 Å². The Hall–Kier alpha value is -0.830. The second-order valence-electron chi connectivity index (χ2n) is 8.62. The second-order valence-corrected chi connectivity index (χ2v) is 8.62. The van der Waals surface area contributed by atoms with Crippen molar-refractivity contribution in [2.24, 2.45) is 0 Å². The number of rotatable bonds is 1. The number of aromatic nitrogens is 2. The van der Waals surface area contributed by atoms with Gasteiger partial charge in [0.05, 0.1) is 17.3 Å². The van der Waals surface area contributed by atoms with Crippen LogP contribution in [0.2, 0.25) is 0 Å². The molecule has 0 aliphatic carbocycles. The summed E-state index contributed by atoms with van der Waals surface area (Å²) in [5, 5.41) is 4.96. The maximum absolute atomic E-state index is 5.91. The molecule has 1 saturated heterocycles. The summed E-state index contributed by atoms with van der Waals surface area (Å²) in [5.41, 5.74) is 2.52. The molecule has 2 rings (SSSR count). The van der Waals surface area contributed by atoms with Gasteiger partial charge in [-0.2, -0.15) is 5.10 Å². The van der Waals surface area contributed by atoms with Crippen LogP contribution in [0, 0.1) is 0 Å². The third kappa shape index (κ3) is 2.78. The third-order valence-corrected chi connectivity index (χ3v) is 4.24. The number of nitrogens with zero attached hydrogens (tertiary/aromatic N) is 2. The predicted molar refractivity (Wildman–Crippen MR) is 83.3 cm³/mol. The molecule has 0 radical (unpaired) electrons. The molecule has 3 nitrogen and oxygen atoms in total. The summed E-state index contributed by atoms with van der Waals surface area (Å²) in [7, 11) is 0. The number of hydrogen-bond acceptors (Lipinski definition) is 2. The highest BCUT2D eigenvalue weighted by Gasteiger charge is 2.40. The van der Waals surface area contributed by atoms with Gasteiger partial charge in [0.15, 0.2) is 0 Å². The Morgan fingerprint density at radius 2 is 1.75 bits per heavy atom. The first kappa shape index (κ1) is 15.6. The summed E-state index contributed by atoms with van der Waals surface area (Å²) >= 11 is 0. The van der Waals surface area contributed by atoms with Gasteiger partial charge >= 0.3 is 0 Å². The molecule has 2 heterocycles. The van der Waals surface area contributed by atoms with Crippen LogP contribution in [0.3, 0.4) is 0 Å². The lowest BCUT2D eigenvalue weighted by Gasteiger charge is -2.30. The van der Waals surface area contributed by atoms with Crippen molar-refractivity contribution in [1.29, 1.82) is 0 Å². The highest BCUT2D eigenvalue weighted by Crippen LogP contribution is 2.39. The maximum atomic E-state index is 5.91. The monoisotopic (exact) mass is 278 g/mol. The minimum atomic E-state index is -0.138. The zero-order chi connectivity index (χ0) is 15.3. The van der Waals surface area contributed by atoms with E-state index in [9.17, 15) is 0 Å². The van der Waals surface area contributed by atoms with Crippen molar-refractivity contribution < 1.29 is 4.74 Å². The number of hydrogen-bond donors (Lipinski definition) is 0. The van der Waals surface area contributed by atoms with Crippen molar-refractivity contribution in [1.82, 2.24) is 9.78 Å². The zero-order valence-corrected chi connectivity index (χ0v) is 14.4. The lowest BCUT2D eigenvalue weighted by Crippen LogP contribution is -2.33. The quantitative estimate of drug-likeness (QED) is 0.769. The average molecular weight is 278 g/mol. The predicted octanol–water partition coefficient (Wildman–Crippen LogP) is 4.22. The van der Waals surface area contributed by atoms with Gasteiger partial charge in [0, 0.05) is 23.1 Å². The van der Waals surface area contributed by atoms with Gasteiger partial charge in [-0.1, -0.05) is 41.5 Å². The molecule has 114 valence electrons. The van der Waals surface area contributed by atoms with Crippen molar-refractivity contribution in [2.75, 3.05) is 6.61 Å².